The van der Waals surface area contributed by atoms with E-state index in [0.717, 1.165) is 0 Å². The molecule has 0 spiro atoms. The molecule has 0 atom stereocenters. The van der Waals surface area contributed by atoms with E-state index in [9.17, 15) is 9.59 Å². The van der Waals surface area contributed by atoms with Gasteiger partial charge in [0, 0.05) is 26.4 Å². The molecule has 104 valence electrons. The fourth-order valence-corrected chi connectivity index (χ4v) is 1.99. The second-order valence-electron chi connectivity index (χ2n) is 4.50. The third-order valence-electron chi connectivity index (χ3n) is 3.10. The van der Waals surface area contributed by atoms with E-state index in [1.165, 1.54) is 4.57 Å². The number of rotatable bonds is 5. The summed E-state index contributed by atoms with van der Waals surface area (Å²) in [6.07, 6.45) is 2.36. The Morgan fingerprint density at radius 3 is 2.95 bits per heavy atom. The summed E-state index contributed by atoms with van der Waals surface area (Å²) in [5, 5.41) is 3.29. The summed E-state index contributed by atoms with van der Waals surface area (Å²) < 4.78 is 1.50. The van der Waals surface area contributed by atoms with E-state index < -0.39 is 0 Å². The maximum atomic E-state index is 12.2. The average Bonchev–Trinajstić information content (AvgIpc) is 2.47. The highest BCUT2D eigenvalue weighted by Crippen LogP contribution is 2.08. The SMILES string of the molecule is C=CCNC(=O)CCc1nc2ccccc2c(=O)n1C. The summed E-state index contributed by atoms with van der Waals surface area (Å²) in [7, 11) is 1.68. The molecule has 1 aromatic carbocycles. The molecule has 2 aromatic rings. The fraction of sp³-hybridized carbons (Fsp3) is 0.267. The molecule has 0 aliphatic heterocycles. The van der Waals surface area contributed by atoms with Gasteiger partial charge in [-0.2, -0.15) is 0 Å². The minimum Gasteiger partial charge on any atom is -0.353 e. The summed E-state index contributed by atoms with van der Waals surface area (Å²) >= 11 is 0. The molecule has 0 bridgehead atoms. The molecule has 0 radical (unpaired) electrons. The molecular formula is C15H17N3O2. The molecule has 1 heterocycles. The Hall–Kier alpha value is -2.43. The van der Waals surface area contributed by atoms with E-state index in [1.807, 2.05) is 12.1 Å². The van der Waals surface area contributed by atoms with Crippen LogP contribution in [0.3, 0.4) is 0 Å². The number of para-hydroxylation sites is 1. The summed E-state index contributed by atoms with van der Waals surface area (Å²) in [6, 6.07) is 7.21. The van der Waals surface area contributed by atoms with Crippen LogP contribution in [-0.2, 0) is 18.3 Å². The van der Waals surface area contributed by atoms with Crippen LogP contribution in [0.2, 0.25) is 0 Å². The van der Waals surface area contributed by atoms with E-state index in [0.29, 0.717) is 36.1 Å². The maximum Gasteiger partial charge on any atom is 0.261 e. The van der Waals surface area contributed by atoms with Crippen molar-refractivity contribution in [3.05, 3.63) is 53.1 Å². The molecule has 0 aliphatic rings. The average molecular weight is 271 g/mol. The Bertz CT molecular complexity index is 704. The number of amides is 1. The molecule has 1 N–H and O–H groups in total. The van der Waals surface area contributed by atoms with E-state index >= 15 is 0 Å². The van der Waals surface area contributed by atoms with Crippen LogP contribution in [0.1, 0.15) is 12.2 Å². The van der Waals surface area contributed by atoms with E-state index in [-0.39, 0.29) is 11.5 Å². The van der Waals surface area contributed by atoms with Gasteiger partial charge >= 0.3 is 0 Å². The quantitative estimate of drug-likeness (QED) is 0.830. The second kappa shape index (κ2) is 6.14. The van der Waals surface area contributed by atoms with Crippen molar-refractivity contribution in [2.24, 2.45) is 7.05 Å². The summed E-state index contributed by atoms with van der Waals surface area (Å²) in [5.41, 5.74) is 0.578. The lowest BCUT2D eigenvalue weighted by Crippen LogP contribution is -2.26. The van der Waals surface area contributed by atoms with Gasteiger partial charge in [0.2, 0.25) is 5.91 Å². The van der Waals surface area contributed by atoms with Crippen LogP contribution < -0.4 is 10.9 Å². The molecule has 0 saturated heterocycles. The first-order valence-electron chi connectivity index (χ1n) is 6.45. The lowest BCUT2D eigenvalue weighted by molar-refractivity contribution is -0.120. The third-order valence-corrected chi connectivity index (χ3v) is 3.10. The first-order chi connectivity index (χ1) is 9.63. The van der Waals surface area contributed by atoms with Crippen molar-refractivity contribution in [3.63, 3.8) is 0 Å². The highest BCUT2D eigenvalue weighted by atomic mass is 16.1. The zero-order valence-corrected chi connectivity index (χ0v) is 11.4. The number of hydrogen-bond acceptors (Lipinski definition) is 3. The lowest BCUT2D eigenvalue weighted by Gasteiger charge is -2.09. The largest absolute Gasteiger partial charge is 0.353 e. The number of aromatic nitrogens is 2. The predicted molar refractivity (Wildman–Crippen MR) is 78.5 cm³/mol. The lowest BCUT2D eigenvalue weighted by atomic mass is 10.2. The molecular weight excluding hydrogens is 254 g/mol. The van der Waals surface area contributed by atoms with Gasteiger partial charge < -0.3 is 5.32 Å². The maximum absolute atomic E-state index is 12.2. The Morgan fingerprint density at radius 1 is 1.45 bits per heavy atom. The zero-order chi connectivity index (χ0) is 14.5. The van der Waals surface area contributed by atoms with Crippen LogP contribution in [0.5, 0.6) is 0 Å². The number of aryl methyl sites for hydroxylation is 1. The predicted octanol–water partition coefficient (Wildman–Crippen LogP) is 1.17. The number of carbonyl (C=O) groups is 1. The van der Waals surface area contributed by atoms with Gasteiger partial charge in [-0.1, -0.05) is 18.2 Å². The minimum atomic E-state index is -0.0860. The molecule has 2 rings (SSSR count). The topological polar surface area (TPSA) is 64.0 Å². The second-order valence-corrected chi connectivity index (χ2v) is 4.50. The molecule has 1 aromatic heterocycles. The van der Waals surface area contributed by atoms with Gasteiger partial charge in [-0.05, 0) is 12.1 Å². The van der Waals surface area contributed by atoms with Crippen molar-refractivity contribution in [1.82, 2.24) is 14.9 Å². The molecule has 0 saturated carbocycles. The van der Waals surface area contributed by atoms with Crippen molar-refractivity contribution in [2.75, 3.05) is 6.54 Å². The van der Waals surface area contributed by atoms with Crippen molar-refractivity contribution >= 4 is 16.8 Å². The fourth-order valence-electron chi connectivity index (χ4n) is 1.99. The van der Waals surface area contributed by atoms with Crippen LogP contribution >= 0.6 is 0 Å². The van der Waals surface area contributed by atoms with Gasteiger partial charge in [-0.3, -0.25) is 14.2 Å². The van der Waals surface area contributed by atoms with Crippen LogP contribution in [-0.4, -0.2) is 22.0 Å². The Kier molecular flexibility index (Phi) is 4.30. The Labute approximate surface area is 117 Å². The first-order valence-corrected chi connectivity index (χ1v) is 6.45. The molecule has 5 heteroatoms. The van der Waals surface area contributed by atoms with Gasteiger partial charge in [-0.25, -0.2) is 4.98 Å². The smallest absolute Gasteiger partial charge is 0.261 e. The first kappa shape index (κ1) is 14.0. The van der Waals surface area contributed by atoms with Crippen molar-refractivity contribution in [3.8, 4) is 0 Å². The van der Waals surface area contributed by atoms with E-state index in [2.05, 4.69) is 16.9 Å². The zero-order valence-electron chi connectivity index (χ0n) is 11.4. The summed E-state index contributed by atoms with van der Waals surface area (Å²) in [6.45, 7) is 3.99. The highest BCUT2D eigenvalue weighted by molar-refractivity contribution is 5.78. The number of benzene rings is 1. The minimum absolute atomic E-state index is 0.0766. The molecule has 0 fully saturated rings. The molecule has 0 aliphatic carbocycles. The summed E-state index contributed by atoms with van der Waals surface area (Å²) in [5.74, 6) is 0.537. The number of nitrogens with one attached hydrogen (secondary N) is 1. The van der Waals surface area contributed by atoms with Crippen LogP contribution in [0.15, 0.2) is 41.7 Å². The van der Waals surface area contributed by atoms with Crippen molar-refractivity contribution in [2.45, 2.75) is 12.8 Å². The normalized spacial score (nSPS) is 10.4. The van der Waals surface area contributed by atoms with Crippen LogP contribution in [0.25, 0.3) is 10.9 Å². The van der Waals surface area contributed by atoms with E-state index in [4.69, 9.17) is 0 Å². The molecule has 5 nitrogen and oxygen atoms in total. The summed E-state index contributed by atoms with van der Waals surface area (Å²) in [4.78, 5) is 28.2. The highest BCUT2D eigenvalue weighted by Gasteiger charge is 2.09. The Balaban J connectivity index is 2.22. The van der Waals surface area contributed by atoms with Crippen molar-refractivity contribution < 1.29 is 4.79 Å². The van der Waals surface area contributed by atoms with E-state index in [1.54, 1.807) is 25.3 Å². The monoisotopic (exact) mass is 271 g/mol. The molecule has 0 unspecified atom stereocenters. The van der Waals surface area contributed by atoms with Gasteiger partial charge in [0.25, 0.3) is 5.56 Å². The van der Waals surface area contributed by atoms with Gasteiger partial charge in [0.05, 0.1) is 10.9 Å². The third kappa shape index (κ3) is 2.93. The Morgan fingerprint density at radius 2 is 2.20 bits per heavy atom. The van der Waals surface area contributed by atoms with Gasteiger partial charge in [0.1, 0.15) is 5.82 Å². The van der Waals surface area contributed by atoms with Crippen LogP contribution in [0, 0.1) is 0 Å². The van der Waals surface area contributed by atoms with Crippen LogP contribution in [0.4, 0.5) is 0 Å². The number of nitrogens with zero attached hydrogens (tertiary/aromatic N) is 2. The number of fused-ring (bicyclic) bond motifs is 1. The van der Waals surface area contributed by atoms with Gasteiger partial charge in [0.15, 0.2) is 0 Å². The standard InChI is InChI=1S/C15H17N3O2/c1-3-10-16-14(19)9-8-13-17-12-7-5-4-6-11(12)15(20)18(13)2/h3-7H,1,8-10H2,2H3,(H,16,19). The van der Waals surface area contributed by atoms with Gasteiger partial charge in [-0.15, -0.1) is 6.58 Å². The number of hydrogen-bond donors (Lipinski definition) is 1. The van der Waals surface area contributed by atoms with Crippen molar-refractivity contribution in [1.29, 1.82) is 0 Å². The molecule has 20 heavy (non-hydrogen) atoms. The molecule has 1 amide bonds. The number of carbonyl (C=O) groups excluding carboxylic acids is 1.